The van der Waals surface area contributed by atoms with Crippen LogP contribution >= 0.6 is 0 Å². The summed E-state index contributed by atoms with van der Waals surface area (Å²) in [7, 11) is 0. The van der Waals surface area contributed by atoms with Gasteiger partial charge in [0.05, 0.1) is 31.0 Å². The first-order valence-corrected chi connectivity index (χ1v) is 8.87. The highest BCUT2D eigenvalue weighted by Gasteiger charge is 2.22. The third-order valence-electron chi connectivity index (χ3n) is 4.80. The molecule has 1 aromatic carbocycles. The summed E-state index contributed by atoms with van der Waals surface area (Å²) < 4.78 is 7.65. The minimum Gasteiger partial charge on any atom is -0.465 e. The molecule has 0 bridgehead atoms. The van der Waals surface area contributed by atoms with Gasteiger partial charge in [0.2, 0.25) is 0 Å². The Bertz CT molecular complexity index is 770. The second-order valence-corrected chi connectivity index (χ2v) is 6.65. The lowest BCUT2D eigenvalue weighted by Gasteiger charge is -2.25. The van der Waals surface area contributed by atoms with Gasteiger partial charge in [-0.05, 0) is 49.4 Å². The number of aromatic nitrogens is 2. The van der Waals surface area contributed by atoms with E-state index in [1.807, 2.05) is 23.7 Å². The van der Waals surface area contributed by atoms with E-state index >= 15 is 0 Å². The molecule has 2 atom stereocenters. The van der Waals surface area contributed by atoms with Gasteiger partial charge >= 0.3 is 6.09 Å². The van der Waals surface area contributed by atoms with Crippen molar-refractivity contribution < 1.29 is 24.9 Å². The number of benzene rings is 1. The molecule has 2 unspecified atom stereocenters. The van der Waals surface area contributed by atoms with E-state index in [-0.39, 0.29) is 25.9 Å². The van der Waals surface area contributed by atoms with E-state index in [2.05, 4.69) is 5.10 Å². The fraction of sp³-hybridized carbons (Fsp3) is 0.556. The van der Waals surface area contributed by atoms with Crippen LogP contribution in [0.3, 0.4) is 0 Å². The first kappa shape index (κ1) is 18.6. The largest absolute Gasteiger partial charge is 0.465 e. The van der Waals surface area contributed by atoms with Gasteiger partial charge in [-0.15, -0.1) is 0 Å². The molecular weight excluding hydrogens is 338 g/mol. The van der Waals surface area contributed by atoms with Gasteiger partial charge in [-0.1, -0.05) is 0 Å². The van der Waals surface area contributed by atoms with Crippen LogP contribution in [0.25, 0.3) is 10.9 Å². The zero-order chi connectivity index (χ0) is 18.7. The van der Waals surface area contributed by atoms with Crippen molar-refractivity contribution in [2.24, 2.45) is 0 Å². The SMILES string of the molecule is Cc1cc2cnn(C3CCCCO3)c2cc1C(O)CN(CCO)C(=O)O. The lowest BCUT2D eigenvalue weighted by atomic mass is 10.0. The highest BCUT2D eigenvalue weighted by Crippen LogP contribution is 2.30. The van der Waals surface area contributed by atoms with Crippen molar-refractivity contribution in [3.05, 3.63) is 29.5 Å². The van der Waals surface area contributed by atoms with Crippen LogP contribution in [-0.4, -0.2) is 62.4 Å². The Kier molecular flexibility index (Phi) is 5.75. The average molecular weight is 363 g/mol. The molecule has 0 saturated carbocycles. The van der Waals surface area contributed by atoms with E-state index in [9.17, 15) is 15.0 Å². The summed E-state index contributed by atoms with van der Waals surface area (Å²) in [6.45, 7) is 2.16. The zero-order valence-corrected chi connectivity index (χ0v) is 14.8. The van der Waals surface area contributed by atoms with Crippen molar-refractivity contribution in [3.63, 3.8) is 0 Å². The normalized spacial score (nSPS) is 18.8. The second kappa shape index (κ2) is 8.03. The van der Waals surface area contributed by atoms with Gasteiger partial charge in [0, 0.05) is 18.5 Å². The third kappa shape index (κ3) is 3.82. The first-order chi connectivity index (χ1) is 12.5. The highest BCUT2D eigenvalue weighted by atomic mass is 16.5. The van der Waals surface area contributed by atoms with Crippen LogP contribution in [0, 0.1) is 6.92 Å². The van der Waals surface area contributed by atoms with Crippen LogP contribution in [-0.2, 0) is 4.74 Å². The molecule has 1 amide bonds. The van der Waals surface area contributed by atoms with Crippen LogP contribution < -0.4 is 0 Å². The van der Waals surface area contributed by atoms with E-state index in [1.165, 1.54) is 0 Å². The molecule has 1 aliphatic heterocycles. The first-order valence-electron chi connectivity index (χ1n) is 8.87. The van der Waals surface area contributed by atoms with Gasteiger partial charge < -0.3 is 25.0 Å². The summed E-state index contributed by atoms with van der Waals surface area (Å²) in [6.07, 6.45) is 2.54. The molecule has 0 spiro atoms. The lowest BCUT2D eigenvalue weighted by molar-refractivity contribution is -0.0367. The maximum atomic E-state index is 11.2. The van der Waals surface area contributed by atoms with Crippen molar-refractivity contribution in [3.8, 4) is 0 Å². The Morgan fingerprint density at radius 1 is 1.46 bits per heavy atom. The number of hydrogen-bond acceptors (Lipinski definition) is 5. The molecule has 2 aromatic rings. The lowest BCUT2D eigenvalue weighted by Crippen LogP contribution is -2.35. The fourth-order valence-electron chi connectivity index (χ4n) is 3.42. The van der Waals surface area contributed by atoms with Crippen molar-refractivity contribution in [2.75, 3.05) is 26.3 Å². The quantitative estimate of drug-likeness (QED) is 0.725. The van der Waals surface area contributed by atoms with E-state index in [1.54, 1.807) is 6.20 Å². The smallest absolute Gasteiger partial charge is 0.407 e. The van der Waals surface area contributed by atoms with Gasteiger partial charge in [0.1, 0.15) is 0 Å². The summed E-state index contributed by atoms with van der Waals surface area (Å²) in [5, 5.41) is 34.2. The van der Waals surface area contributed by atoms with Crippen molar-refractivity contribution >= 4 is 17.0 Å². The monoisotopic (exact) mass is 363 g/mol. The maximum Gasteiger partial charge on any atom is 0.407 e. The molecule has 26 heavy (non-hydrogen) atoms. The topological polar surface area (TPSA) is 108 Å². The standard InChI is InChI=1S/C18H25N3O5/c1-12-8-13-10-19-21(17-4-2-3-7-26-17)15(13)9-14(12)16(23)11-20(5-6-22)18(24)25/h8-10,16-17,22-23H,2-7,11H2,1H3,(H,24,25). The number of carboxylic acid groups (broad SMARTS) is 1. The molecular formula is C18H25N3O5. The predicted molar refractivity (Wildman–Crippen MR) is 95.0 cm³/mol. The summed E-state index contributed by atoms with van der Waals surface area (Å²) in [4.78, 5) is 12.3. The van der Waals surface area contributed by atoms with Crippen LogP contribution in [0.1, 0.15) is 42.7 Å². The Morgan fingerprint density at radius 2 is 2.27 bits per heavy atom. The van der Waals surface area contributed by atoms with Gasteiger partial charge in [0.15, 0.2) is 6.23 Å². The Hall–Kier alpha value is -2.16. The number of rotatable bonds is 6. The van der Waals surface area contributed by atoms with Crippen LogP contribution in [0.5, 0.6) is 0 Å². The molecule has 8 nitrogen and oxygen atoms in total. The van der Waals surface area contributed by atoms with E-state index in [0.717, 1.165) is 40.6 Å². The van der Waals surface area contributed by atoms with E-state index < -0.39 is 12.2 Å². The number of nitrogens with zero attached hydrogens (tertiary/aromatic N) is 3. The zero-order valence-electron chi connectivity index (χ0n) is 14.8. The van der Waals surface area contributed by atoms with Gasteiger partial charge in [-0.3, -0.25) is 0 Å². The summed E-state index contributed by atoms with van der Waals surface area (Å²) >= 11 is 0. The molecule has 1 saturated heterocycles. The molecule has 1 aliphatic rings. The molecule has 0 aliphatic carbocycles. The molecule has 0 radical (unpaired) electrons. The summed E-state index contributed by atoms with van der Waals surface area (Å²) in [5.74, 6) is 0. The van der Waals surface area contributed by atoms with Gasteiger partial charge in [0.25, 0.3) is 0 Å². The number of fused-ring (bicyclic) bond motifs is 1. The van der Waals surface area contributed by atoms with Crippen molar-refractivity contribution in [2.45, 2.75) is 38.5 Å². The molecule has 1 fully saturated rings. The van der Waals surface area contributed by atoms with Crippen LogP contribution in [0.2, 0.25) is 0 Å². The summed E-state index contributed by atoms with van der Waals surface area (Å²) in [6, 6.07) is 3.80. The van der Waals surface area contributed by atoms with E-state index in [0.29, 0.717) is 12.2 Å². The minimum atomic E-state index is -1.17. The molecule has 1 aromatic heterocycles. The van der Waals surface area contributed by atoms with Crippen LogP contribution in [0.15, 0.2) is 18.3 Å². The molecule has 142 valence electrons. The number of carbonyl (C=O) groups is 1. The molecule has 8 heteroatoms. The second-order valence-electron chi connectivity index (χ2n) is 6.65. The molecule has 3 N–H and O–H groups in total. The number of aliphatic hydroxyl groups is 2. The number of aliphatic hydroxyl groups excluding tert-OH is 2. The summed E-state index contributed by atoms with van der Waals surface area (Å²) in [5.41, 5.74) is 2.38. The predicted octanol–water partition coefficient (Wildman–Crippen LogP) is 2.05. The fourth-order valence-corrected chi connectivity index (χ4v) is 3.42. The van der Waals surface area contributed by atoms with Gasteiger partial charge in [-0.25, -0.2) is 9.48 Å². The van der Waals surface area contributed by atoms with E-state index in [4.69, 9.17) is 9.84 Å². The number of ether oxygens (including phenoxy) is 1. The number of hydrogen-bond donors (Lipinski definition) is 3. The van der Waals surface area contributed by atoms with Crippen molar-refractivity contribution in [1.82, 2.24) is 14.7 Å². The highest BCUT2D eigenvalue weighted by molar-refractivity contribution is 5.80. The molecule has 3 rings (SSSR count). The average Bonchev–Trinajstić information content (AvgIpc) is 3.03. The molecule has 2 heterocycles. The number of aryl methyl sites for hydroxylation is 1. The van der Waals surface area contributed by atoms with Crippen LogP contribution in [0.4, 0.5) is 4.79 Å². The van der Waals surface area contributed by atoms with Crippen molar-refractivity contribution in [1.29, 1.82) is 0 Å². The number of amides is 1. The Morgan fingerprint density at radius 3 is 2.92 bits per heavy atom. The maximum absolute atomic E-state index is 11.2. The Labute approximate surface area is 151 Å². The Balaban J connectivity index is 1.90. The third-order valence-corrected chi connectivity index (χ3v) is 4.80. The minimum absolute atomic E-state index is 0.0401. The van der Waals surface area contributed by atoms with Gasteiger partial charge in [-0.2, -0.15) is 5.10 Å².